The van der Waals surface area contributed by atoms with Crippen LogP contribution < -0.4 is 5.32 Å². The highest BCUT2D eigenvalue weighted by molar-refractivity contribution is 6.01. The molecule has 1 amide bonds. The van der Waals surface area contributed by atoms with Gasteiger partial charge >= 0.3 is 0 Å². The molecule has 8 heteroatoms. The lowest BCUT2D eigenvalue weighted by atomic mass is 10.2. The van der Waals surface area contributed by atoms with Crippen LogP contribution in [0.1, 0.15) is 40.8 Å². The van der Waals surface area contributed by atoms with Crippen LogP contribution >= 0.6 is 0 Å². The monoisotopic (exact) mass is 376 g/mol. The SMILES string of the molecule is Cc1c(C2CC2)nc2ccc(NC(=O)c3ncn(-c4ccc(F)cc4)n3)cn12. The van der Waals surface area contributed by atoms with Gasteiger partial charge in [0, 0.05) is 17.8 Å². The highest BCUT2D eigenvalue weighted by Crippen LogP contribution is 2.41. The van der Waals surface area contributed by atoms with E-state index in [1.54, 1.807) is 12.1 Å². The van der Waals surface area contributed by atoms with Crippen molar-refractivity contribution in [2.45, 2.75) is 25.7 Å². The molecule has 3 heterocycles. The first-order valence-corrected chi connectivity index (χ1v) is 9.06. The van der Waals surface area contributed by atoms with Crippen LogP contribution in [0.3, 0.4) is 0 Å². The fourth-order valence-electron chi connectivity index (χ4n) is 3.27. The highest BCUT2D eigenvalue weighted by Gasteiger charge is 2.28. The summed E-state index contributed by atoms with van der Waals surface area (Å²) in [4.78, 5) is 21.3. The first-order valence-electron chi connectivity index (χ1n) is 9.06. The van der Waals surface area contributed by atoms with Crippen molar-refractivity contribution in [2.75, 3.05) is 5.32 Å². The standard InChI is InChI=1S/C20H17FN6O/c1-12-18(13-2-3-13)24-17-9-6-15(10-26(12)17)23-20(28)19-22-11-27(25-19)16-7-4-14(21)5-8-16/h4-11,13H,2-3H2,1H3,(H,23,28). The lowest BCUT2D eigenvalue weighted by molar-refractivity contribution is 0.101. The Morgan fingerprint density at radius 1 is 1.18 bits per heavy atom. The fourth-order valence-corrected chi connectivity index (χ4v) is 3.27. The Bertz CT molecular complexity index is 1190. The average molecular weight is 376 g/mol. The van der Waals surface area contributed by atoms with Crippen molar-refractivity contribution in [1.29, 1.82) is 0 Å². The van der Waals surface area contributed by atoms with Gasteiger partial charge in [-0.2, -0.15) is 0 Å². The van der Waals surface area contributed by atoms with Gasteiger partial charge in [-0.1, -0.05) is 0 Å². The number of aromatic nitrogens is 5. The summed E-state index contributed by atoms with van der Waals surface area (Å²) < 4.78 is 16.5. The van der Waals surface area contributed by atoms with Gasteiger partial charge in [0.1, 0.15) is 17.8 Å². The molecule has 7 nitrogen and oxygen atoms in total. The lowest BCUT2D eigenvalue weighted by Gasteiger charge is -2.04. The Kier molecular flexibility index (Phi) is 3.71. The van der Waals surface area contributed by atoms with Crippen LogP contribution in [-0.4, -0.2) is 30.1 Å². The predicted molar refractivity (Wildman–Crippen MR) is 101 cm³/mol. The molecule has 0 saturated heterocycles. The van der Waals surface area contributed by atoms with Gasteiger partial charge in [-0.15, -0.1) is 5.10 Å². The summed E-state index contributed by atoms with van der Waals surface area (Å²) in [6, 6.07) is 9.49. The van der Waals surface area contributed by atoms with Gasteiger partial charge in [-0.05, 0) is 56.2 Å². The number of carbonyl (C=O) groups excluding carboxylic acids is 1. The second-order valence-electron chi connectivity index (χ2n) is 6.95. The molecule has 1 fully saturated rings. The second kappa shape index (κ2) is 6.26. The van der Waals surface area contributed by atoms with Gasteiger partial charge in [0.2, 0.25) is 5.82 Å². The van der Waals surface area contributed by atoms with Gasteiger partial charge in [-0.25, -0.2) is 19.0 Å². The van der Waals surface area contributed by atoms with Crippen LogP contribution in [0.5, 0.6) is 0 Å². The van der Waals surface area contributed by atoms with E-state index in [9.17, 15) is 9.18 Å². The van der Waals surface area contributed by atoms with Crippen molar-refractivity contribution in [3.05, 3.63) is 72.0 Å². The summed E-state index contributed by atoms with van der Waals surface area (Å²) in [5.74, 6) is -0.153. The highest BCUT2D eigenvalue weighted by atomic mass is 19.1. The van der Waals surface area contributed by atoms with E-state index in [1.807, 2.05) is 29.7 Å². The number of imidazole rings is 1. The van der Waals surface area contributed by atoms with E-state index in [2.05, 4.69) is 15.4 Å². The van der Waals surface area contributed by atoms with Crippen LogP contribution in [0.2, 0.25) is 0 Å². The topological polar surface area (TPSA) is 77.1 Å². The molecule has 0 bridgehead atoms. The zero-order valence-corrected chi connectivity index (χ0v) is 15.1. The van der Waals surface area contributed by atoms with Crippen LogP contribution in [0.25, 0.3) is 11.3 Å². The molecule has 1 aromatic carbocycles. The van der Waals surface area contributed by atoms with Gasteiger partial charge < -0.3 is 9.72 Å². The molecule has 0 atom stereocenters. The molecule has 1 aliphatic carbocycles. The summed E-state index contributed by atoms with van der Waals surface area (Å²) in [6.45, 7) is 2.05. The van der Waals surface area contributed by atoms with Crippen LogP contribution in [0.4, 0.5) is 10.1 Å². The molecule has 0 radical (unpaired) electrons. The maximum absolute atomic E-state index is 13.1. The smallest absolute Gasteiger partial charge is 0.295 e. The largest absolute Gasteiger partial charge is 0.318 e. The molecular weight excluding hydrogens is 359 g/mol. The first kappa shape index (κ1) is 16.6. The Morgan fingerprint density at radius 3 is 2.71 bits per heavy atom. The second-order valence-corrected chi connectivity index (χ2v) is 6.95. The van der Waals surface area contributed by atoms with Gasteiger partial charge in [-0.3, -0.25) is 4.79 Å². The van der Waals surface area contributed by atoms with E-state index in [0.717, 1.165) is 17.0 Å². The summed E-state index contributed by atoms with van der Waals surface area (Å²) in [5, 5.41) is 6.99. The predicted octanol–water partition coefficient (Wildman–Crippen LogP) is 3.49. The number of benzene rings is 1. The third kappa shape index (κ3) is 2.92. The molecule has 0 unspecified atom stereocenters. The number of rotatable bonds is 4. The lowest BCUT2D eigenvalue weighted by Crippen LogP contribution is -2.14. The molecule has 28 heavy (non-hydrogen) atoms. The number of pyridine rings is 1. The quantitative estimate of drug-likeness (QED) is 0.591. The molecule has 140 valence electrons. The van der Waals surface area contributed by atoms with E-state index in [-0.39, 0.29) is 11.6 Å². The Morgan fingerprint density at radius 2 is 1.96 bits per heavy atom. The summed E-state index contributed by atoms with van der Waals surface area (Å²) in [7, 11) is 0. The zero-order valence-electron chi connectivity index (χ0n) is 15.1. The average Bonchev–Trinajstić information content (AvgIpc) is 3.32. The van der Waals surface area contributed by atoms with Crippen molar-refractivity contribution in [1.82, 2.24) is 24.1 Å². The fraction of sp³-hybridized carbons (Fsp3) is 0.200. The van der Waals surface area contributed by atoms with Crippen molar-refractivity contribution in [2.24, 2.45) is 0 Å². The molecule has 4 aromatic rings. The van der Waals surface area contributed by atoms with Crippen molar-refractivity contribution >= 4 is 17.2 Å². The number of anilines is 1. The molecule has 0 aliphatic heterocycles. The van der Waals surface area contributed by atoms with E-state index in [1.165, 1.54) is 36.0 Å². The Balaban J connectivity index is 1.38. The number of aryl methyl sites for hydroxylation is 1. The normalized spacial score (nSPS) is 13.8. The maximum atomic E-state index is 13.1. The van der Waals surface area contributed by atoms with Crippen LogP contribution in [-0.2, 0) is 0 Å². The van der Waals surface area contributed by atoms with E-state index in [4.69, 9.17) is 4.98 Å². The molecule has 1 aliphatic rings. The molecule has 1 saturated carbocycles. The first-order chi connectivity index (χ1) is 13.6. The van der Waals surface area contributed by atoms with Crippen molar-refractivity contribution < 1.29 is 9.18 Å². The van der Waals surface area contributed by atoms with E-state index >= 15 is 0 Å². The van der Waals surface area contributed by atoms with E-state index < -0.39 is 5.91 Å². The number of nitrogens with zero attached hydrogens (tertiary/aromatic N) is 5. The van der Waals surface area contributed by atoms with Gasteiger partial charge in [0.05, 0.1) is 17.1 Å². The summed E-state index contributed by atoms with van der Waals surface area (Å²) in [5.41, 5.74) is 4.38. The van der Waals surface area contributed by atoms with Crippen LogP contribution in [0.15, 0.2) is 48.9 Å². The number of hydrogen-bond donors (Lipinski definition) is 1. The molecule has 3 aromatic heterocycles. The van der Waals surface area contributed by atoms with Crippen LogP contribution in [0, 0.1) is 12.7 Å². The molecular formula is C20H17FN6O. The number of amides is 1. The molecule has 5 rings (SSSR count). The van der Waals surface area contributed by atoms with Gasteiger partial charge in [0.25, 0.3) is 5.91 Å². The number of carbonyl (C=O) groups is 1. The zero-order chi connectivity index (χ0) is 19.3. The molecule has 0 spiro atoms. The Hall–Kier alpha value is -3.55. The molecule has 1 N–H and O–H groups in total. The minimum Gasteiger partial charge on any atom is -0.318 e. The minimum atomic E-state index is -0.416. The number of halogens is 1. The van der Waals surface area contributed by atoms with Gasteiger partial charge in [0.15, 0.2) is 0 Å². The minimum absolute atomic E-state index is 0.0328. The summed E-state index contributed by atoms with van der Waals surface area (Å²) in [6.07, 6.45) is 5.67. The maximum Gasteiger partial charge on any atom is 0.295 e. The number of nitrogens with one attached hydrogen (secondary N) is 1. The number of hydrogen-bond acceptors (Lipinski definition) is 4. The third-order valence-corrected chi connectivity index (χ3v) is 4.90. The van der Waals surface area contributed by atoms with Crippen molar-refractivity contribution in [3.8, 4) is 5.69 Å². The number of fused-ring (bicyclic) bond motifs is 1. The third-order valence-electron chi connectivity index (χ3n) is 4.90. The van der Waals surface area contributed by atoms with Crippen molar-refractivity contribution in [3.63, 3.8) is 0 Å². The Labute approximate surface area is 159 Å². The summed E-state index contributed by atoms with van der Waals surface area (Å²) >= 11 is 0. The van der Waals surface area contributed by atoms with E-state index in [0.29, 0.717) is 17.3 Å².